The molecule has 2 aromatic rings. The van der Waals surface area contributed by atoms with E-state index in [0.29, 0.717) is 21.7 Å². The summed E-state index contributed by atoms with van der Waals surface area (Å²) in [4.78, 5) is 0. The summed E-state index contributed by atoms with van der Waals surface area (Å²) >= 11 is 0. The van der Waals surface area contributed by atoms with Crippen LogP contribution < -0.4 is 0 Å². The molecular weight excluding hydrogens is 456 g/mol. The summed E-state index contributed by atoms with van der Waals surface area (Å²) < 4.78 is 0. The van der Waals surface area contributed by atoms with Gasteiger partial charge in [0, 0.05) is 0 Å². The van der Waals surface area contributed by atoms with Crippen LogP contribution in [0.25, 0.3) is 0 Å². The zero-order chi connectivity index (χ0) is 25.9. The molecule has 0 amide bonds. The second-order valence-electron chi connectivity index (χ2n) is 16.0. The second-order valence-corrected chi connectivity index (χ2v) is 16.0. The maximum atomic E-state index is 2.68. The normalized spacial score (nSPS) is 44.2. The minimum absolute atomic E-state index is 0.470. The highest BCUT2D eigenvalue weighted by molar-refractivity contribution is 5.41. The van der Waals surface area contributed by atoms with Crippen LogP contribution in [0.3, 0.4) is 0 Å². The Morgan fingerprint density at radius 3 is 1.26 bits per heavy atom. The largest absolute Gasteiger partial charge is 0.0613 e. The average Bonchev–Trinajstić information content (AvgIpc) is 2.87. The van der Waals surface area contributed by atoms with Gasteiger partial charge in [0.1, 0.15) is 0 Å². The quantitative estimate of drug-likeness (QED) is 0.378. The van der Waals surface area contributed by atoms with Gasteiger partial charge in [0.05, 0.1) is 0 Å². The summed E-state index contributed by atoms with van der Waals surface area (Å²) in [6, 6.07) is 15.5. The van der Waals surface area contributed by atoms with Crippen molar-refractivity contribution in [2.24, 2.45) is 34.5 Å². The Labute approximate surface area is 232 Å². The van der Waals surface area contributed by atoms with Gasteiger partial charge in [-0.1, -0.05) is 50.2 Å². The number of benzene rings is 2. The van der Waals surface area contributed by atoms with Crippen molar-refractivity contribution in [1.82, 2.24) is 0 Å². The molecule has 8 aliphatic rings. The van der Waals surface area contributed by atoms with Crippen LogP contribution in [0.4, 0.5) is 0 Å². The van der Waals surface area contributed by atoms with E-state index in [-0.39, 0.29) is 0 Å². The van der Waals surface area contributed by atoms with Crippen LogP contribution in [0.15, 0.2) is 36.4 Å². The molecule has 0 heterocycles. The van der Waals surface area contributed by atoms with Crippen molar-refractivity contribution in [1.29, 1.82) is 0 Å². The van der Waals surface area contributed by atoms with Gasteiger partial charge in [-0.05, 0) is 182 Å². The van der Waals surface area contributed by atoms with Gasteiger partial charge in [-0.2, -0.15) is 0 Å². The Morgan fingerprint density at radius 1 is 0.553 bits per heavy atom. The molecule has 0 N–H and O–H groups in total. The summed E-state index contributed by atoms with van der Waals surface area (Å²) in [7, 11) is 0. The molecule has 4 unspecified atom stereocenters. The van der Waals surface area contributed by atoms with Crippen molar-refractivity contribution >= 4 is 0 Å². The smallest absolute Gasteiger partial charge is 0.00361 e. The predicted octanol–water partition coefficient (Wildman–Crippen LogP) is 9.80. The maximum Gasteiger partial charge on any atom is -0.00361 e. The van der Waals surface area contributed by atoms with E-state index in [1.165, 1.54) is 62.5 Å². The number of hydrogen-bond donors (Lipinski definition) is 0. The molecule has 8 aliphatic carbocycles. The number of hydrogen-bond acceptors (Lipinski definition) is 0. The fourth-order valence-corrected chi connectivity index (χ4v) is 13.2. The maximum absolute atomic E-state index is 2.68. The van der Waals surface area contributed by atoms with Crippen LogP contribution in [0.1, 0.15) is 124 Å². The first-order valence-electron chi connectivity index (χ1n) is 16.5. The van der Waals surface area contributed by atoms with Gasteiger partial charge in [0.2, 0.25) is 0 Å². The minimum Gasteiger partial charge on any atom is -0.0613 e. The molecule has 4 atom stereocenters. The van der Waals surface area contributed by atoms with Crippen LogP contribution in [-0.4, -0.2) is 0 Å². The van der Waals surface area contributed by atoms with E-state index >= 15 is 0 Å². The van der Waals surface area contributed by atoms with E-state index in [0.717, 1.165) is 23.7 Å². The molecule has 38 heavy (non-hydrogen) atoms. The van der Waals surface area contributed by atoms with Crippen molar-refractivity contribution in [2.45, 2.75) is 128 Å². The fraction of sp³-hybridized carbons (Fsp3) is 0.684. The molecule has 0 radical (unpaired) electrons. The van der Waals surface area contributed by atoms with E-state index < -0.39 is 0 Å². The van der Waals surface area contributed by atoms with Gasteiger partial charge in [0.25, 0.3) is 0 Å². The SMILES string of the molecule is CCc1cc(C23CC4CC(C2)CC(C25CC6CC(CC(c7ccc(C)c(CC)c7)(C6)C2)C5)(C4)C3)ccc1C. The molecule has 10 rings (SSSR count). The van der Waals surface area contributed by atoms with E-state index in [1.54, 1.807) is 60.8 Å². The third-order valence-electron chi connectivity index (χ3n) is 13.9. The standard InChI is InChI=1S/C38H50/c1-5-31-13-33(9-7-25(31)3)35-15-27-11-28(16-35)20-37(19-27,23-35)38-21-29-12-30(22-38)18-36(17-29,24-38)34-10-8-26(4)32(6-2)14-34/h7-10,13-14,27-30H,5-6,11-12,15-24H2,1-4H3. The van der Waals surface area contributed by atoms with Crippen molar-refractivity contribution in [2.75, 3.05) is 0 Å². The average molecular weight is 507 g/mol. The topological polar surface area (TPSA) is 0 Å². The number of rotatable bonds is 5. The van der Waals surface area contributed by atoms with Crippen molar-refractivity contribution < 1.29 is 0 Å². The summed E-state index contributed by atoms with van der Waals surface area (Å²) in [6.07, 6.45) is 20.7. The first-order valence-corrected chi connectivity index (χ1v) is 16.5. The summed E-state index contributed by atoms with van der Waals surface area (Å²) in [5.74, 6) is 3.94. The Balaban J connectivity index is 1.22. The predicted molar refractivity (Wildman–Crippen MR) is 159 cm³/mol. The third-order valence-corrected chi connectivity index (χ3v) is 13.9. The van der Waals surface area contributed by atoms with Crippen molar-refractivity contribution in [3.05, 3.63) is 69.8 Å². The summed E-state index contributed by atoms with van der Waals surface area (Å²) in [6.45, 7) is 9.37. The van der Waals surface area contributed by atoms with Gasteiger partial charge in [-0.25, -0.2) is 0 Å². The Morgan fingerprint density at radius 2 is 0.921 bits per heavy atom. The molecule has 0 aromatic heterocycles. The Bertz CT molecular complexity index is 1150. The highest BCUT2D eigenvalue weighted by Crippen LogP contribution is 2.78. The van der Waals surface area contributed by atoms with E-state index in [4.69, 9.17) is 0 Å². The molecule has 0 spiro atoms. The molecule has 0 nitrogen and oxygen atoms in total. The monoisotopic (exact) mass is 506 g/mol. The molecular formula is C38H50. The molecule has 0 saturated heterocycles. The van der Waals surface area contributed by atoms with Crippen LogP contribution in [-0.2, 0) is 23.7 Å². The van der Waals surface area contributed by atoms with Crippen LogP contribution in [0.5, 0.6) is 0 Å². The molecule has 8 fully saturated rings. The van der Waals surface area contributed by atoms with E-state index in [2.05, 4.69) is 64.1 Å². The lowest BCUT2D eigenvalue weighted by atomic mass is 9.30. The zero-order valence-electron chi connectivity index (χ0n) is 24.7. The highest BCUT2D eigenvalue weighted by Gasteiger charge is 2.70. The van der Waals surface area contributed by atoms with Gasteiger partial charge in [0.15, 0.2) is 0 Å². The second kappa shape index (κ2) is 8.01. The minimum atomic E-state index is 0.470. The Kier molecular flexibility index (Phi) is 5.11. The summed E-state index contributed by atoms with van der Waals surface area (Å²) in [5, 5.41) is 0. The lowest BCUT2D eigenvalue weighted by Crippen LogP contribution is -2.66. The molecule has 8 bridgehead atoms. The molecule has 2 aromatic carbocycles. The molecule has 8 saturated carbocycles. The first kappa shape index (κ1) is 24.3. The first-order chi connectivity index (χ1) is 18.3. The highest BCUT2D eigenvalue weighted by atomic mass is 14.7. The van der Waals surface area contributed by atoms with Gasteiger partial charge >= 0.3 is 0 Å². The number of aryl methyl sites for hydroxylation is 4. The van der Waals surface area contributed by atoms with Gasteiger partial charge in [-0.3, -0.25) is 0 Å². The molecule has 0 aliphatic heterocycles. The van der Waals surface area contributed by atoms with Gasteiger partial charge in [-0.15, -0.1) is 0 Å². The van der Waals surface area contributed by atoms with E-state index in [1.807, 2.05) is 0 Å². The van der Waals surface area contributed by atoms with Crippen LogP contribution in [0, 0.1) is 48.3 Å². The Hall–Kier alpha value is -1.56. The van der Waals surface area contributed by atoms with Crippen LogP contribution in [0.2, 0.25) is 0 Å². The van der Waals surface area contributed by atoms with Crippen molar-refractivity contribution in [3.8, 4) is 0 Å². The summed E-state index contributed by atoms with van der Waals surface area (Å²) in [5.41, 5.74) is 11.8. The lowest BCUT2D eigenvalue weighted by molar-refractivity contribution is -0.212. The van der Waals surface area contributed by atoms with E-state index in [9.17, 15) is 0 Å². The fourth-order valence-electron chi connectivity index (χ4n) is 13.2. The van der Waals surface area contributed by atoms with Gasteiger partial charge < -0.3 is 0 Å². The van der Waals surface area contributed by atoms with Crippen molar-refractivity contribution in [3.63, 3.8) is 0 Å². The van der Waals surface area contributed by atoms with Crippen LogP contribution >= 0.6 is 0 Å². The zero-order valence-corrected chi connectivity index (χ0v) is 24.7. The molecule has 202 valence electrons. The lowest BCUT2D eigenvalue weighted by Gasteiger charge is -2.74. The molecule has 0 heteroatoms. The third kappa shape index (κ3) is 3.22.